The molecule has 2 heterocycles. The van der Waals surface area contributed by atoms with Crippen molar-refractivity contribution in [2.45, 2.75) is 20.4 Å². The third kappa shape index (κ3) is 3.74. The molecule has 2 rings (SSSR count). The second kappa shape index (κ2) is 6.91. The summed E-state index contributed by atoms with van der Waals surface area (Å²) in [4.78, 5) is 11.8. The maximum Gasteiger partial charge on any atom is 0.287 e. The van der Waals surface area contributed by atoms with Gasteiger partial charge in [0.15, 0.2) is 5.76 Å². The molecule has 0 bridgehead atoms. The molecule has 1 amide bonds. The summed E-state index contributed by atoms with van der Waals surface area (Å²) in [7, 11) is 1.59. The van der Waals surface area contributed by atoms with Crippen LogP contribution < -0.4 is 5.32 Å². The molecular formula is C14H18BrN3O3. The van der Waals surface area contributed by atoms with Gasteiger partial charge in [-0.3, -0.25) is 9.48 Å². The summed E-state index contributed by atoms with van der Waals surface area (Å²) in [6.45, 7) is 5.33. The highest BCUT2D eigenvalue weighted by molar-refractivity contribution is 9.10. The Morgan fingerprint density at radius 2 is 2.24 bits per heavy atom. The van der Waals surface area contributed by atoms with Gasteiger partial charge >= 0.3 is 0 Å². The molecule has 0 radical (unpaired) electrons. The van der Waals surface area contributed by atoms with E-state index in [2.05, 4.69) is 26.3 Å². The molecule has 6 nitrogen and oxygen atoms in total. The zero-order valence-corrected chi connectivity index (χ0v) is 13.9. The van der Waals surface area contributed by atoms with Gasteiger partial charge in [0.1, 0.15) is 5.76 Å². The van der Waals surface area contributed by atoms with Gasteiger partial charge in [0.05, 0.1) is 29.0 Å². The highest BCUT2D eigenvalue weighted by Crippen LogP contribution is 2.21. The van der Waals surface area contributed by atoms with E-state index < -0.39 is 0 Å². The van der Waals surface area contributed by atoms with Crippen LogP contribution in [-0.4, -0.2) is 35.9 Å². The van der Waals surface area contributed by atoms with Crippen molar-refractivity contribution >= 4 is 21.8 Å². The molecular weight excluding hydrogens is 338 g/mol. The molecule has 0 saturated heterocycles. The minimum absolute atomic E-state index is 0.243. The number of furan rings is 1. The molecule has 0 aliphatic rings. The van der Waals surface area contributed by atoms with Crippen molar-refractivity contribution in [2.24, 2.45) is 0 Å². The van der Waals surface area contributed by atoms with Gasteiger partial charge in [-0.1, -0.05) is 0 Å². The summed E-state index contributed by atoms with van der Waals surface area (Å²) < 4.78 is 13.3. The second-order valence-electron chi connectivity index (χ2n) is 4.66. The Balaban J connectivity index is 2.03. The van der Waals surface area contributed by atoms with Crippen LogP contribution in [0.15, 0.2) is 21.0 Å². The van der Waals surface area contributed by atoms with Crippen LogP contribution in [0.5, 0.6) is 0 Å². The maximum atomic E-state index is 11.8. The fourth-order valence-electron chi connectivity index (χ4n) is 1.92. The van der Waals surface area contributed by atoms with Crippen molar-refractivity contribution in [3.63, 3.8) is 0 Å². The number of methoxy groups -OCH3 is 1. The van der Waals surface area contributed by atoms with Crippen LogP contribution in [0.3, 0.4) is 0 Å². The first kappa shape index (κ1) is 15.8. The summed E-state index contributed by atoms with van der Waals surface area (Å²) in [5.41, 5.74) is 1.95. The van der Waals surface area contributed by atoms with E-state index in [1.807, 2.05) is 18.5 Å². The number of halogens is 1. The largest absolute Gasteiger partial charge is 0.454 e. The normalized spacial score (nSPS) is 10.9. The number of aryl methyl sites for hydroxylation is 1. The summed E-state index contributed by atoms with van der Waals surface area (Å²) >= 11 is 3.49. The monoisotopic (exact) mass is 355 g/mol. The van der Waals surface area contributed by atoms with Gasteiger partial charge in [-0.2, -0.15) is 5.10 Å². The van der Waals surface area contributed by atoms with E-state index >= 15 is 0 Å². The molecule has 0 fully saturated rings. The molecule has 2 aromatic rings. The van der Waals surface area contributed by atoms with Crippen molar-refractivity contribution in [3.8, 4) is 0 Å². The fourth-order valence-corrected chi connectivity index (χ4v) is 2.20. The van der Waals surface area contributed by atoms with E-state index in [0.717, 1.165) is 15.9 Å². The number of rotatable bonds is 6. The molecule has 0 saturated carbocycles. The topological polar surface area (TPSA) is 69.3 Å². The van der Waals surface area contributed by atoms with E-state index in [4.69, 9.17) is 9.15 Å². The van der Waals surface area contributed by atoms with Crippen LogP contribution in [0.2, 0.25) is 0 Å². The Bertz CT molecular complexity index is 633. The molecule has 1 N–H and O–H groups in total. The Kier molecular flexibility index (Phi) is 5.19. The molecule has 0 spiro atoms. The number of ether oxygens (including phenoxy) is 1. The van der Waals surface area contributed by atoms with Crippen LogP contribution in [0, 0.1) is 13.8 Å². The number of amides is 1. The van der Waals surface area contributed by atoms with Crippen LogP contribution >= 0.6 is 15.9 Å². The Labute approximate surface area is 131 Å². The summed E-state index contributed by atoms with van der Waals surface area (Å²) in [5.74, 6) is 0.736. The third-order valence-corrected chi connectivity index (χ3v) is 4.22. The number of nitrogens with one attached hydrogen (secondary N) is 1. The van der Waals surface area contributed by atoms with E-state index in [-0.39, 0.29) is 5.91 Å². The van der Waals surface area contributed by atoms with Crippen LogP contribution in [-0.2, 0) is 11.3 Å². The maximum absolute atomic E-state index is 11.8. The number of hydrogen-bond acceptors (Lipinski definition) is 4. The van der Waals surface area contributed by atoms with Crippen LogP contribution in [0.25, 0.3) is 0 Å². The number of carbonyl (C=O) groups is 1. The minimum atomic E-state index is -0.243. The molecule has 0 aliphatic carbocycles. The first-order valence-electron chi connectivity index (χ1n) is 6.58. The zero-order chi connectivity index (χ0) is 15.4. The van der Waals surface area contributed by atoms with E-state index in [0.29, 0.717) is 31.2 Å². The van der Waals surface area contributed by atoms with Crippen molar-refractivity contribution < 1.29 is 13.9 Å². The van der Waals surface area contributed by atoms with Gasteiger partial charge < -0.3 is 14.5 Å². The van der Waals surface area contributed by atoms with Crippen molar-refractivity contribution in [1.29, 1.82) is 0 Å². The standard InChI is InChI=1S/C14H18BrN3O3/c1-9-13(15)10(2)18(17-9)8-11-4-5-12(21-11)14(19)16-6-7-20-3/h4-5H,6-8H2,1-3H3,(H,16,19). The molecule has 0 atom stereocenters. The lowest BCUT2D eigenvalue weighted by Crippen LogP contribution is -2.26. The molecule has 0 aliphatic heterocycles. The summed E-state index contributed by atoms with van der Waals surface area (Å²) in [5, 5.41) is 7.13. The summed E-state index contributed by atoms with van der Waals surface area (Å²) in [6, 6.07) is 3.45. The SMILES string of the molecule is COCCNC(=O)c1ccc(Cn2nc(C)c(Br)c2C)o1. The van der Waals surface area contributed by atoms with Gasteiger partial charge in [0.25, 0.3) is 5.91 Å². The minimum Gasteiger partial charge on any atom is -0.454 e. The predicted molar refractivity (Wildman–Crippen MR) is 81.4 cm³/mol. The van der Waals surface area contributed by atoms with Crippen molar-refractivity contribution in [2.75, 3.05) is 20.3 Å². The van der Waals surface area contributed by atoms with E-state index in [1.165, 1.54) is 0 Å². The zero-order valence-electron chi connectivity index (χ0n) is 12.3. The second-order valence-corrected chi connectivity index (χ2v) is 5.45. The van der Waals surface area contributed by atoms with Gasteiger partial charge in [-0.05, 0) is 41.9 Å². The highest BCUT2D eigenvalue weighted by atomic mass is 79.9. The average Bonchev–Trinajstić information content (AvgIpc) is 3.01. The molecule has 7 heteroatoms. The lowest BCUT2D eigenvalue weighted by atomic mass is 10.4. The van der Waals surface area contributed by atoms with Crippen molar-refractivity contribution in [3.05, 3.63) is 39.5 Å². The summed E-state index contributed by atoms with van der Waals surface area (Å²) in [6.07, 6.45) is 0. The molecule has 2 aromatic heterocycles. The molecule has 0 unspecified atom stereocenters. The number of hydrogen-bond donors (Lipinski definition) is 1. The molecule has 0 aromatic carbocycles. The number of carbonyl (C=O) groups excluding carboxylic acids is 1. The smallest absolute Gasteiger partial charge is 0.287 e. The van der Waals surface area contributed by atoms with Gasteiger partial charge in [0.2, 0.25) is 0 Å². The van der Waals surface area contributed by atoms with Gasteiger partial charge in [-0.25, -0.2) is 0 Å². The lowest BCUT2D eigenvalue weighted by molar-refractivity contribution is 0.0907. The average molecular weight is 356 g/mol. The number of aromatic nitrogens is 2. The highest BCUT2D eigenvalue weighted by Gasteiger charge is 2.13. The van der Waals surface area contributed by atoms with Crippen molar-refractivity contribution in [1.82, 2.24) is 15.1 Å². The first-order chi connectivity index (χ1) is 10.0. The van der Waals surface area contributed by atoms with Crippen LogP contribution in [0.1, 0.15) is 27.7 Å². The van der Waals surface area contributed by atoms with E-state index in [9.17, 15) is 4.79 Å². The Morgan fingerprint density at radius 3 is 2.86 bits per heavy atom. The molecule has 21 heavy (non-hydrogen) atoms. The quantitative estimate of drug-likeness (QED) is 0.807. The van der Waals surface area contributed by atoms with Crippen LogP contribution in [0.4, 0.5) is 0 Å². The molecule has 114 valence electrons. The fraction of sp³-hybridized carbons (Fsp3) is 0.429. The Morgan fingerprint density at radius 1 is 1.48 bits per heavy atom. The van der Waals surface area contributed by atoms with E-state index in [1.54, 1.807) is 19.2 Å². The predicted octanol–water partition coefficient (Wildman–Crippen LogP) is 2.28. The number of nitrogens with zero attached hydrogens (tertiary/aromatic N) is 2. The lowest BCUT2D eigenvalue weighted by Gasteiger charge is -2.03. The third-order valence-electron chi connectivity index (χ3n) is 3.08. The van der Waals surface area contributed by atoms with Gasteiger partial charge in [0, 0.05) is 13.7 Å². The Hall–Kier alpha value is -1.60. The first-order valence-corrected chi connectivity index (χ1v) is 7.37. The van der Waals surface area contributed by atoms with Gasteiger partial charge in [-0.15, -0.1) is 0 Å².